The Morgan fingerprint density at radius 3 is 2.50 bits per heavy atom. The standard InChI is InChI=1S/C4H12FN2O4P/c5-1-2-7(6)3-4-11-12(8,9)10/h1-4,6H2,(H2,8,9,10). The van der Waals surface area contributed by atoms with Crippen LogP contribution in [0.5, 0.6) is 0 Å². The molecule has 0 aliphatic rings. The number of nitrogens with two attached hydrogens (primary N) is 1. The molecule has 0 aliphatic carbocycles. The Morgan fingerprint density at radius 1 is 1.50 bits per heavy atom. The van der Waals surface area contributed by atoms with Gasteiger partial charge in [-0.2, -0.15) is 0 Å². The fourth-order valence-electron chi connectivity index (χ4n) is 0.497. The first-order valence-electron chi connectivity index (χ1n) is 3.21. The molecule has 0 amide bonds. The van der Waals surface area contributed by atoms with Crippen LogP contribution >= 0.6 is 7.82 Å². The molecule has 0 rings (SSSR count). The van der Waals surface area contributed by atoms with Crippen molar-refractivity contribution in [2.75, 3.05) is 26.4 Å². The third kappa shape index (κ3) is 8.06. The van der Waals surface area contributed by atoms with E-state index in [2.05, 4.69) is 4.52 Å². The maximum atomic E-state index is 11.6. The minimum atomic E-state index is -4.42. The number of hydrazine groups is 1. The Morgan fingerprint density at radius 2 is 2.08 bits per heavy atom. The molecule has 0 fully saturated rings. The summed E-state index contributed by atoms with van der Waals surface area (Å²) in [6.07, 6.45) is 0. The van der Waals surface area contributed by atoms with E-state index in [1.807, 2.05) is 0 Å². The van der Waals surface area contributed by atoms with E-state index < -0.39 is 14.5 Å². The highest BCUT2D eigenvalue weighted by Crippen LogP contribution is 2.35. The summed E-state index contributed by atoms with van der Waals surface area (Å²) in [6, 6.07) is 0. The molecule has 0 unspecified atom stereocenters. The number of rotatable bonds is 6. The molecule has 0 aliphatic heterocycles. The quantitative estimate of drug-likeness (QED) is 0.297. The van der Waals surface area contributed by atoms with Gasteiger partial charge in [0.05, 0.1) is 6.61 Å². The largest absolute Gasteiger partial charge is 0.469 e. The summed E-state index contributed by atoms with van der Waals surface area (Å²) in [5.41, 5.74) is 0. The zero-order valence-electron chi connectivity index (χ0n) is 6.39. The van der Waals surface area contributed by atoms with Crippen molar-refractivity contribution in [2.24, 2.45) is 5.84 Å². The maximum absolute atomic E-state index is 11.6. The van der Waals surface area contributed by atoms with Gasteiger partial charge in [-0.15, -0.1) is 0 Å². The molecule has 0 radical (unpaired) electrons. The molecule has 0 heterocycles. The predicted octanol–water partition coefficient (Wildman–Crippen LogP) is -0.759. The highest BCUT2D eigenvalue weighted by molar-refractivity contribution is 7.46. The monoisotopic (exact) mass is 202 g/mol. The van der Waals surface area contributed by atoms with Gasteiger partial charge in [0, 0.05) is 13.1 Å². The minimum absolute atomic E-state index is 0.0184. The molecule has 8 heteroatoms. The van der Waals surface area contributed by atoms with Crippen LogP contribution in [0, 0.1) is 0 Å². The lowest BCUT2D eigenvalue weighted by Crippen LogP contribution is -2.35. The van der Waals surface area contributed by atoms with Gasteiger partial charge >= 0.3 is 7.82 Å². The zero-order chi connectivity index (χ0) is 9.61. The summed E-state index contributed by atoms with van der Waals surface area (Å²) < 4.78 is 25.8. The van der Waals surface area contributed by atoms with E-state index in [9.17, 15) is 8.96 Å². The van der Waals surface area contributed by atoms with Crippen molar-refractivity contribution in [3.63, 3.8) is 0 Å². The fraction of sp³-hybridized carbons (Fsp3) is 1.00. The van der Waals surface area contributed by atoms with Crippen LogP contribution in [0.25, 0.3) is 0 Å². The van der Waals surface area contributed by atoms with E-state index in [0.717, 1.165) is 5.01 Å². The van der Waals surface area contributed by atoms with Crippen molar-refractivity contribution in [3.05, 3.63) is 0 Å². The summed E-state index contributed by atoms with van der Waals surface area (Å²) in [4.78, 5) is 16.4. The molecule has 4 N–H and O–H groups in total. The van der Waals surface area contributed by atoms with Gasteiger partial charge in [0.15, 0.2) is 0 Å². The fourth-order valence-corrected chi connectivity index (χ4v) is 0.817. The van der Waals surface area contributed by atoms with E-state index in [1.165, 1.54) is 0 Å². The predicted molar refractivity (Wildman–Crippen MR) is 39.7 cm³/mol. The van der Waals surface area contributed by atoms with Crippen molar-refractivity contribution < 1.29 is 23.3 Å². The second-order valence-corrected chi connectivity index (χ2v) is 3.29. The molecule has 0 aromatic heterocycles. The molecule has 0 aromatic rings. The second-order valence-electron chi connectivity index (χ2n) is 2.05. The number of hydrogen-bond donors (Lipinski definition) is 3. The Labute approximate surface area is 69.3 Å². The van der Waals surface area contributed by atoms with Crippen LogP contribution in [0.4, 0.5) is 4.39 Å². The molecule has 0 aromatic carbocycles. The summed E-state index contributed by atoms with van der Waals surface area (Å²) in [5, 5.41) is 1.08. The average molecular weight is 202 g/mol. The Kier molecular flexibility index (Phi) is 5.56. The minimum Gasteiger partial charge on any atom is -0.303 e. The van der Waals surface area contributed by atoms with Gasteiger partial charge in [-0.05, 0) is 0 Å². The van der Waals surface area contributed by atoms with Gasteiger partial charge in [0.2, 0.25) is 0 Å². The number of alkyl halides is 1. The van der Waals surface area contributed by atoms with Crippen LogP contribution in [-0.4, -0.2) is 41.2 Å². The highest BCUT2D eigenvalue weighted by Gasteiger charge is 2.13. The van der Waals surface area contributed by atoms with Crippen LogP contribution in [0.3, 0.4) is 0 Å². The normalized spacial score (nSPS) is 12.4. The van der Waals surface area contributed by atoms with Crippen LogP contribution < -0.4 is 5.84 Å². The number of phosphoric acid groups is 1. The van der Waals surface area contributed by atoms with Crippen LogP contribution in [0.1, 0.15) is 0 Å². The lowest BCUT2D eigenvalue weighted by Gasteiger charge is -2.13. The molecule has 0 saturated carbocycles. The number of phosphoric ester groups is 1. The molecule has 0 bridgehead atoms. The van der Waals surface area contributed by atoms with Gasteiger partial charge in [-0.3, -0.25) is 10.4 Å². The molecule has 12 heavy (non-hydrogen) atoms. The first-order chi connectivity index (χ1) is 5.45. The zero-order valence-corrected chi connectivity index (χ0v) is 7.28. The summed E-state index contributed by atoms with van der Waals surface area (Å²) in [5.74, 6) is 5.17. The van der Waals surface area contributed by atoms with Crippen molar-refractivity contribution in [3.8, 4) is 0 Å². The van der Waals surface area contributed by atoms with Crippen molar-refractivity contribution >= 4 is 7.82 Å². The molecule has 6 nitrogen and oxygen atoms in total. The number of halogens is 1. The van der Waals surface area contributed by atoms with Crippen molar-refractivity contribution in [2.45, 2.75) is 0 Å². The summed E-state index contributed by atoms with van der Waals surface area (Å²) in [7, 11) is -4.42. The topological polar surface area (TPSA) is 96.0 Å². The van der Waals surface area contributed by atoms with Crippen molar-refractivity contribution in [1.29, 1.82) is 0 Å². The number of hydrogen-bond acceptors (Lipinski definition) is 4. The van der Waals surface area contributed by atoms with E-state index in [0.29, 0.717) is 0 Å². The molecule has 0 spiro atoms. The first kappa shape index (κ1) is 12.0. The van der Waals surface area contributed by atoms with E-state index in [-0.39, 0.29) is 19.7 Å². The Hall–Kier alpha value is -0.0400. The second kappa shape index (κ2) is 5.58. The van der Waals surface area contributed by atoms with Gasteiger partial charge in [0.1, 0.15) is 6.67 Å². The molecular formula is C4H12FN2O4P. The molecular weight excluding hydrogens is 190 g/mol. The van der Waals surface area contributed by atoms with Gasteiger partial charge in [-0.1, -0.05) is 0 Å². The molecule has 0 atom stereocenters. The Balaban J connectivity index is 3.37. The smallest absolute Gasteiger partial charge is 0.303 e. The van der Waals surface area contributed by atoms with Crippen LogP contribution in [0.2, 0.25) is 0 Å². The highest BCUT2D eigenvalue weighted by atomic mass is 31.2. The average Bonchev–Trinajstić information content (AvgIpc) is 1.84. The summed E-state index contributed by atoms with van der Waals surface area (Å²) >= 11 is 0. The maximum Gasteiger partial charge on any atom is 0.469 e. The lowest BCUT2D eigenvalue weighted by atomic mass is 10.6. The third-order valence-electron chi connectivity index (χ3n) is 1.01. The van der Waals surface area contributed by atoms with E-state index in [4.69, 9.17) is 15.6 Å². The van der Waals surface area contributed by atoms with E-state index in [1.54, 1.807) is 0 Å². The van der Waals surface area contributed by atoms with Crippen molar-refractivity contribution in [1.82, 2.24) is 5.01 Å². The molecule has 74 valence electrons. The SMILES string of the molecule is NN(CCF)CCOP(=O)(O)O. The van der Waals surface area contributed by atoms with E-state index >= 15 is 0 Å². The number of nitrogens with zero attached hydrogens (tertiary/aromatic N) is 1. The first-order valence-corrected chi connectivity index (χ1v) is 4.74. The summed E-state index contributed by atoms with van der Waals surface area (Å²) in [6.45, 7) is -0.729. The third-order valence-corrected chi connectivity index (χ3v) is 1.53. The van der Waals surface area contributed by atoms with Gasteiger partial charge in [-0.25, -0.2) is 14.0 Å². The van der Waals surface area contributed by atoms with Gasteiger partial charge in [0.25, 0.3) is 0 Å². The Bertz CT molecular complexity index is 163. The molecule has 0 saturated heterocycles. The van der Waals surface area contributed by atoms with Crippen LogP contribution in [-0.2, 0) is 9.09 Å². The van der Waals surface area contributed by atoms with Crippen LogP contribution in [0.15, 0.2) is 0 Å². The lowest BCUT2D eigenvalue weighted by molar-refractivity contribution is 0.158. The van der Waals surface area contributed by atoms with Gasteiger partial charge < -0.3 is 9.79 Å².